The Morgan fingerprint density at radius 2 is 2.04 bits per heavy atom. The van der Waals surface area contributed by atoms with E-state index in [1.807, 2.05) is 23.1 Å². The van der Waals surface area contributed by atoms with Gasteiger partial charge in [-0.2, -0.15) is 0 Å². The number of nitrogen functional groups attached to an aromatic ring is 1. The van der Waals surface area contributed by atoms with Crippen molar-refractivity contribution in [3.63, 3.8) is 0 Å². The predicted octanol–water partition coefficient (Wildman–Crippen LogP) is 0.303. The first-order chi connectivity index (χ1) is 11.5. The Labute approximate surface area is 144 Å². The van der Waals surface area contributed by atoms with Crippen molar-refractivity contribution in [3.05, 3.63) is 23.8 Å². The van der Waals surface area contributed by atoms with Crippen LogP contribution >= 0.6 is 0 Å². The molecule has 2 aliphatic heterocycles. The number of rotatable bonds is 4. The van der Waals surface area contributed by atoms with Crippen LogP contribution in [0, 0.1) is 0 Å². The number of benzene rings is 1. The summed E-state index contributed by atoms with van der Waals surface area (Å²) in [5.41, 5.74) is 8.83. The summed E-state index contributed by atoms with van der Waals surface area (Å²) < 4.78 is 0.893. The number of amides is 1. The van der Waals surface area contributed by atoms with Crippen LogP contribution in [-0.2, 0) is 11.2 Å². The Hall–Kier alpha value is -1.63. The summed E-state index contributed by atoms with van der Waals surface area (Å²) in [6, 6.07) is 5.89. The SMILES string of the molecule is C[N+]1(CCO)CCN(CC(=O)N2CCCc3ccc(N)cc32)CC1. The molecule has 0 unspecified atom stereocenters. The van der Waals surface area contributed by atoms with Crippen LogP contribution in [-0.4, -0.2) is 79.9 Å². The molecule has 6 nitrogen and oxygen atoms in total. The molecule has 1 fully saturated rings. The number of nitrogens with zero attached hydrogens (tertiary/aromatic N) is 3. The van der Waals surface area contributed by atoms with Crippen LogP contribution < -0.4 is 10.6 Å². The van der Waals surface area contributed by atoms with Crippen LogP contribution in [0.1, 0.15) is 12.0 Å². The van der Waals surface area contributed by atoms with E-state index in [9.17, 15) is 9.90 Å². The lowest BCUT2D eigenvalue weighted by Gasteiger charge is -2.42. The highest BCUT2D eigenvalue weighted by Crippen LogP contribution is 2.29. The fourth-order valence-electron chi connectivity index (χ4n) is 3.74. The first-order valence-electron chi connectivity index (χ1n) is 8.86. The molecule has 0 aliphatic carbocycles. The Bertz CT molecular complexity index is 597. The van der Waals surface area contributed by atoms with E-state index in [0.717, 1.165) is 62.3 Å². The van der Waals surface area contributed by atoms with E-state index in [0.29, 0.717) is 12.2 Å². The number of hydrogen-bond acceptors (Lipinski definition) is 4. The minimum Gasteiger partial charge on any atom is -0.399 e. The molecule has 1 aromatic rings. The van der Waals surface area contributed by atoms with Gasteiger partial charge in [-0.05, 0) is 30.5 Å². The van der Waals surface area contributed by atoms with E-state index in [1.165, 1.54) is 5.56 Å². The molecular weight excluding hydrogens is 304 g/mol. The zero-order valence-electron chi connectivity index (χ0n) is 14.6. The fraction of sp³-hybridized carbons (Fsp3) is 0.611. The van der Waals surface area contributed by atoms with Crippen molar-refractivity contribution in [1.29, 1.82) is 0 Å². The summed E-state index contributed by atoms with van der Waals surface area (Å²) in [6.07, 6.45) is 2.02. The summed E-state index contributed by atoms with van der Waals surface area (Å²) in [7, 11) is 2.18. The molecule has 2 heterocycles. The van der Waals surface area contributed by atoms with Crippen molar-refractivity contribution in [1.82, 2.24) is 4.90 Å². The van der Waals surface area contributed by atoms with Gasteiger partial charge in [0.2, 0.25) is 5.91 Å². The topological polar surface area (TPSA) is 69.8 Å². The molecule has 0 atom stereocenters. The summed E-state index contributed by atoms with van der Waals surface area (Å²) >= 11 is 0. The molecule has 0 aromatic heterocycles. The van der Waals surface area contributed by atoms with Crippen LogP contribution in [0.3, 0.4) is 0 Å². The predicted molar refractivity (Wildman–Crippen MR) is 95.8 cm³/mol. The van der Waals surface area contributed by atoms with Gasteiger partial charge in [0.15, 0.2) is 0 Å². The summed E-state index contributed by atoms with van der Waals surface area (Å²) in [5.74, 6) is 0.166. The lowest BCUT2D eigenvalue weighted by molar-refractivity contribution is -0.913. The van der Waals surface area contributed by atoms with Gasteiger partial charge < -0.3 is 20.2 Å². The van der Waals surface area contributed by atoms with Gasteiger partial charge in [-0.25, -0.2) is 0 Å². The molecule has 1 aromatic carbocycles. The second-order valence-corrected chi connectivity index (χ2v) is 7.33. The second kappa shape index (κ2) is 7.09. The number of hydrogen-bond donors (Lipinski definition) is 2. The van der Waals surface area contributed by atoms with E-state index in [4.69, 9.17) is 5.73 Å². The number of fused-ring (bicyclic) bond motifs is 1. The normalized spacial score (nSPS) is 20.7. The molecule has 6 heteroatoms. The number of anilines is 2. The lowest BCUT2D eigenvalue weighted by atomic mass is 10.0. The number of aliphatic hydroxyl groups is 1. The van der Waals surface area contributed by atoms with Gasteiger partial charge in [0.1, 0.15) is 6.54 Å². The third-order valence-corrected chi connectivity index (χ3v) is 5.44. The number of carbonyl (C=O) groups is 1. The summed E-state index contributed by atoms with van der Waals surface area (Å²) in [4.78, 5) is 17.0. The van der Waals surface area contributed by atoms with Gasteiger partial charge >= 0.3 is 0 Å². The van der Waals surface area contributed by atoms with Gasteiger partial charge in [-0.3, -0.25) is 9.69 Å². The van der Waals surface area contributed by atoms with Crippen molar-refractivity contribution in [2.45, 2.75) is 12.8 Å². The molecule has 24 heavy (non-hydrogen) atoms. The molecule has 0 bridgehead atoms. The minimum atomic E-state index is 0.166. The first-order valence-corrected chi connectivity index (χ1v) is 8.86. The molecular formula is C18H29N4O2+. The van der Waals surface area contributed by atoms with E-state index in [2.05, 4.69) is 11.9 Å². The van der Waals surface area contributed by atoms with E-state index in [-0.39, 0.29) is 12.5 Å². The van der Waals surface area contributed by atoms with Crippen LogP contribution in [0.15, 0.2) is 18.2 Å². The van der Waals surface area contributed by atoms with Gasteiger partial charge in [0.05, 0.1) is 33.3 Å². The molecule has 0 saturated carbocycles. The molecule has 3 rings (SSSR count). The number of piperazine rings is 1. The maximum absolute atomic E-state index is 12.8. The summed E-state index contributed by atoms with van der Waals surface area (Å²) in [6.45, 7) is 6.03. The summed E-state index contributed by atoms with van der Waals surface area (Å²) in [5, 5.41) is 9.18. The molecule has 0 spiro atoms. The average molecular weight is 333 g/mol. The van der Waals surface area contributed by atoms with Crippen molar-refractivity contribution in [2.75, 3.05) is 70.1 Å². The highest BCUT2D eigenvalue weighted by atomic mass is 16.3. The second-order valence-electron chi connectivity index (χ2n) is 7.33. The first kappa shape index (κ1) is 17.2. The van der Waals surface area contributed by atoms with Gasteiger partial charge in [0, 0.05) is 31.0 Å². The fourth-order valence-corrected chi connectivity index (χ4v) is 3.74. The van der Waals surface area contributed by atoms with Crippen LogP contribution in [0.4, 0.5) is 11.4 Å². The molecule has 2 aliphatic rings. The maximum atomic E-state index is 12.8. The number of aryl methyl sites for hydroxylation is 1. The molecule has 1 amide bonds. The Kier molecular flexibility index (Phi) is 5.08. The molecule has 132 valence electrons. The zero-order valence-corrected chi connectivity index (χ0v) is 14.6. The van der Waals surface area contributed by atoms with Crippen molar-refractivity contribution in [2.24, 2.45) is 0 Å². The third-order valence-electron chi connectivity index (χ3n) is 5.44. The highest BCUT2D eigenvalue weighted by Gasteiger charge is 2.30. The smallest absolute Gasteiger partial charge is 0.241 e. The molecule has 3 N–H and O–H groups in total. The minimum absolute atomic E-state index is 0.166. The van der Waals surface area contributed by atoms with E-state index in [1.54, 1.807) is 0 Å². The average Bonchev–Trinajstić information content (AvgIpc) is 2.56. The maximum Gasteiger partial charge on any atom is 0.241 e. The standard InChI is InChI=1S/C18H29N4O2/c1-22(11-12-23)9-7-20(8-10-22)14-18(24)21-6-2-3-15-4-5-16(19)13-17(15)21/h4-5,13,23H,2-3,6-12,14,19H2,1H3/q+1. The number of aliphatic hydroxyl groups excluding tert-OH is 1. The van der Waals surface area contributed by atoms with Crippen LogP contribution in [0.25, 0.3) is 0 Å². The third kappa shape index (κ3) is 3.71. The number of likely N-dealkylation sites (N-methyl/N-ethyl adjacent to an activating group) is 1. The Morgan fingerprint density at radius 1 is 1.29 bits per heavy atom. The van der Waals surface area contributed by atoms with E-state index >= 15 is 0 Å². The number of quaternary nitrogens is 1. The largest absolute Gasteiger partial charge is 0.399 e. The van der Waals surface area contributed by atoms with E-state index < -0.39 is 0 Å². The van der Waals surface area contributed by atoms with Crippen molar-refractivity contribution < 1.29 is 14.4 Å². The zero-order chi connectivity index (χ0) is 17.2. The highest BCUT2D eigenvalue weighted by molar-refractivity contribution is 5.96. The van der Waals surface area contributed by atoms with Crippen molar-refractivity contribution >= 4 is 17.3 Å². The van der Waals surface area contributed by atoms with Crippen molar-refractivity contribution in [3.8, 4) is 0 Å². The van der Waals surface area contributed by atoms with Crippen LogP contribution in [0.5, 0.6) is 0 Å². The van der Waals surface area contributed by atoms with Gasteiger partial charge in [-0.15, -0.1) is 0 Å². The van der Waals surface area contributed by atoms with Crippen LogP contribution in [0.2, 0.25) is 0 Å². The number of nitrogens with two attached hydrogens (primary N) is 1. The van der Waals surface area contributed by atoms with Gasteiger partial charge in [-0.1, -0.05) is 6.07 Å². The molecule has 1 saturated heterocycles. The lowest BCUT2D eigenvalue weighted by Crippen LogP contribution is -2.59. The quantitative estimate of drug-likeness (QED) is 0.614. The Morgan fingerprint density at radius 3 is 2.75 bits per heavy atom. The monoisotopic (exact) mass is 333 g/mol. The number of carbonyl (C=O) groups excluding carboxylic acids is 1. The van der Waals surface area contributed by atoms with Gasteiger partial charge in [0.25, 0.3) is 0 Å². The molecule has 0 radical (unpaired) electrons. The Balaban J connectivity index is 1.62.